The van der Waals surface area contributed by atoms with Crippen molar-refractivity contribution in [1.29, 1.82) is 0 Å². The summed E-state index contributed by atoms with van der Waals surface area (Å²) >= 11 is 0. The quantitative estimate of drug-likeness (QED) is 0.821. The first-order valence-electron chi connectivity index (χ1n) is 6.77. The van der Waals surface area contributed by atoms with E-state index < -0.39 is 0 Å². The van der Waals surface area contributed by atoms with Crippen molar-refractivity contribution >= 4 is 5.91 Å². The maximum Gasteiger partial charge on any atom is 0.233 e. The summed E-state index contributed by atoms with van der Waals surface area (Å²) in [5, 5.41) is 3.96. The van der Waals surface area contributed by atoms with E-state index in [0.717, 1.165) is 31.8 Å². The van der Waals surface area contributed by atoms with E-state index in [2.05, 4.69) is 10.1 Å². The monoisotopic (exact) mass is 249 g/mol. The van der Waals surface area contributed by atoms with Crippen molar-refractivity contribution in [3.8, 4) is 0 Å². The van der Waals surface area contributed by atoms with Crippen molar-refractivity contribution in [2.75, 3.05) is 13.1 Å². The van der Waals surface area contributed by atoms with Crippen LogP contribution in [0.1, 0.15) is 56.7 Å². The molecular formula is C13H19N3O2. The van der Waals surface area contributed by atoms with Crippen molar-refractivity contribution in [3.63, 3.8) is 0 Å². The minimum atomic E-state index is 0.244. The molecule has 1 aliphatic heterocycles. The van der Waals surface area contributed by atoms with E-state index in [9.17, 15) is 4.79 Å². The minimum absolute atomic E-state index is 0.244. The lowest BCUT2D eigenvalue weighted by atomic mass is 9.83. The van der Waals surface area contributed by atoms with E-state index in [0.29, 0.717) is 17.7 Å². The second kappa shape index (κ2) is 4.37. The van der Waals surface area contributed by atoms with Gasteiger partial charge < -0.3 is 9.42 Å². The minimum Gasteiger partial charge on any atom is -0.341 e. The van der Waals surface area contributed by atoms with Gasteiger partial charge in [-0.05, 0) is 12.8 Å². The first-order valence-corrected chi connectivity index (χ1v) is 6.77. The third-order valence-corrected chi connectivity index (χ3v) is 3.97. The average Bonchev–Trinajstić information content (AvgIpc) is 2.61. The lowest BCUT2D eigenvalue weighted by molar-refractivity contribution is -0.143. The maximum absolute atomic E-state index is 12.0. The van der Waals surface area contributed by atoms with Crippen LogP contribution in [0.2, 0.25) is 0 Å². The molecule has 98 valence electrons. The molecule has 1 aliphatic carbocycles. The van der Waals surface area contributed by atoms with Gasteiger partial charge in [-0.15, -0.1) is 0 Å². The molecule has 1 amide bonds. The van der Waals surface area contributed by atoms with Crippen molar-refractivity contribution in [3.05, 3.63) is 11.7 Å². The molecule has 18 heavy (non-hydrogen) atoms. The largest absolute Gasteiger partial charge is 0.341 e. The normalized spacial score (nSPS) is 20.9. The summed E-state index contributed by atoms with van der Waals surface area (Å²) in [5.74, 6) is 2.59. The van der Waals surface area contributed by atoms with Crippen LogP contribution in [0, 0.1) is 5.92 Å². The smallest absolute Gasteiger partial charge is 0.233 e. The highest BCUT2D eigenvalue weighted by molar-refractivity contribution is 5.80. The molecule has 0 spiro atoms. The van der Waals surface area contributed by atoms with Gasteiger partial charge in [-0.1, -0.05) is 25.4 Å². The number of hydrogen-bond donors (Lipinski definition) is 0. The lowest BCUT2D eigenvalue weighted by Gasteiger charge is -2.41. The first kappa shape index (κ1) is 11.7. The van der Waals surface area contributed by atoms with Gasteiger partial charge in [-0.2, -0.15) is 4.98 Å². The highest BCUT2D eigenvalue weighted by Crippen LogP contribution is 2.33. The summed E-state index contributed by atoms with van der Waals surface area (Å²) in [6.45, 7) is 5.58. The SMILES string of the molecule is CC(C)c1noc(C2CN(C(=O)C3CCC3)C2)n1. The summed E-state index contributed by atoms with van der Waals surface area (Å²) in [6.07, 6.45) is 3.34. The van der Waals surface area contributed by atoms with Gasteiger partial charge in [0.25, 0.3) is 0 Å². The van der Waals surface area contributed by atoms with Crippen LogP contribution in [0.4, 0.5) is 0 Å². The average molecular weight is 249 g/mol. The van der Waals surface area contributed by atoms with E-state index in [1.54, 1.807) is 0 Å². The molecule has 0 atom stereocenters. The summed E-state index contributed by atoms with van der Waals surface area (Å²) in [6, 6.07) is 0. The van der Waals surface area contributed by atoms with Gasteiger partial charge in [-0.25, -0.2) is 0 Å². The van der Waals surface area contributed by atoms with Gasteiger partial charge in [0.05, 0.1) is 5.92 Å². The second-order valence-electron chi connectivity index (χ2n) is 5.71. The molecule has 5 nitrogen and oxygen atoms in total. The highest BCUT2D eigenvalue weighted by Gasteiger charge is 2.39. The Kier molecular flexibility index (Phi) is 2.84. The molecule has 1 saturated carbocycles. The number of carbonyl (C=O) groups excluding carboxylic acids is 1. The third-order valence-electron chi connectivity index (χ3n) is 3.97. The van der Waals surface area contributed by atoms with Gasteiger partial charge in [0.15, 0.2) is 5.82 Å². The predicted molar refractivity (Wildman–Crippen MR) is 65.0 cm³/mol. The van der Waals surface area contributed by atoms with Crippen LogP contribution >= 0.6 is 0 Å². The van der Waals surface area contributed by atoms with Crippen molar-refractivity contribution in [2.45, 2.75) is 44.9 Å². The maximum atomic E-state index is 12.0. The Morgan fingerprint density at radius 1 is 1.39 bits per heavy atom. The van der Waals surface area contributed by atoms with Crippen LogP contribution in [0.3, 0.4) is 0 Å². The molecule has 3 rings (SSSR count). The van der Waals surface area contributed by atoms with Gasteiger partial charge in [-0.3, -0.25) is 4.79 Å². The fourth-order valence-corrected chi connectivity index (χ4v) is 2.38. The fraction of sp³-hybridized carbons (Fsp3) is 0.769. The zero-order chi connectivity index (χ0) is 12.7. The molecule has 1 aromatic heterocycles. The van der Waals surface area contributed by atoms with Gasteiger partial charge in [0.1, 0.15) is 0 Å². The molecule has 0 N–H and O–H groups in total. The topological polar surface area (TPSA) is 59.2 Å². The molecule has 0 aromatic carbocycles. The number of hydrogen-bond acceptors (Lipinski definition) is 4. The standard InChI is InChI=1S/C13H19N3O2/c1-8(2)11-14-12(18-15-11)10-6-16(7-10)13(17)9-4-3-5-9/h8-10H,3-7H2,1-2H3. The van der Waals surface area contributed by atoms with Crippen molar-refractivity contribution in [2.24, 2.45) is 5.92 Å². The molecule has 1 saturated heterocycles. The summed E-state index contributed by atoms with van der Waals surface area (Å²) < 4.78 is 5.26. The molecule has 2 heterocycles. The Bertz CT molecular complexity index is 445. The van der Waals surface area contributed by atoms with E-state index in [-0.39, 0.29) is 11.8 Å². The number of likely N-dealkylation sites (tertiary alicyclic amines) is 1. The molecule has 2 fully saturated rings. The Hall–Kier alpha value is -1.39. The van der Waals surface area contributed by atoms with Crippen molar-refractivity contribution in [1.82, 2.24) is 15.0 Å². The zero-order valence-corrected chi connectivity index (χ0v) is 10.9. The predicted octanol–water partition coefficient (Wildman–Crippen LogP) is 1.92. The lowest BCUT2D eigenvalue weighted by Crippen LogP contribution is -2.51. The second-order valence-corrected chi connectivity index (χ2v) is 5.71. The van der Waals surface area contributed by atoms with E-state index in [4.69, 9.17) is 4.52 Å². The molecule has 5 heteroatoms. The van der Waals surface area contributed by atoms with E-state index in [1.165, 1.54) is 6.42 Å². The molecule has 1 aromatic rings. The van der Waals surface area contributed by atoms with Crippen LogP contribution in [-0.2, 0) is 4.79 Å². The van der Waals surface area contributed by atoms with Gasteiger partial charge >= 0.3 is 0 Å². The first-order chi connectivity index (χ1) is 8.65. The molecule has 2 aliphatic rings. The third kappa shape index (κ3) is 1.91. The van der Waals surface area contributed by atoms with E-state index in [1.807, 2.05) is 18.7 Å². The molecule has 0 unspecified atom stereocenters. The van der Waals surface area contributed by atoms with Crippen LogP contribution < -0.4 is 0 Å². The van der Waals surface area contributed by atoms with Gasteiger partial charge in [0.2, 0.25) is 11.8 Å². The van der Waals surface area contributed by atoms with Crippen LogP contribution in [0.25, 0.3) is 0 Å². The van der Waals surface area contributed by atoms with Gasteiger partial charge in [0, 0.05) is 24.9 Å². The van der Waals surface area contributed by atoms with Crippen LogP contribution in [-0.4, -0.2) is 34.0 Å². The summed E-state index contributed by atoms with van der Waals surface area (Å²) in [4.78, 5) is 18.3. The molecule has 0 radical (unpaired) electrons. The Morgan fingerprint density at radius 2 is 2.11 bits per heavy atom. The Morgan fingerprint density at radius 3 is 2.61 bits per heavy atom. The number of rotatable bonds is 3. The highest BCUT2D eigenvalue weighted by atomic mass is 16.5. The fourth-order valence-electron chi connectivity index (χ4n) is 2.38. The number of carbonyl (C=O) groups is 1. The van der Waals surface area contributed by atoms with Crippen LogP contribution in [0.15, 0.2) is 4.52 Å². The molecule has 0 bridgehead atoms. The van der Waals surface area contributed by atoms with Crippen molar-refractivity contribution < 1.29 is 9.32 Å². The number of nitrogens with zero attached hydrogens (tertiary/aromatic N) is 3. The Labute approximate surface area is 107 Å². The van der Waals surface area contributed by atoms with E-state index >= 15 is 0 Å². The summed E-state index contributed by atoms with van der Waals surface area (Å²) in [7, 11) is 0. The number of amides is 1. The summed E-state index contributed by atoms with van der Waals surface area (Å²) in [5.41, 5.74) is 0. The zero-order valence-electron chi connectivity index (χ0n) is 10.9. The Balaban J connectivity index is 1.56. The van der Waals surface area contributed by atoms with Crippen LogP contribution in [0.5, 0.6) is 0 Å². The molecular weight excluding hydrogens is 230 g/mol. The number of aromatic nitrogens is 2.